The Kier molecular flexibility index (Phi) is 3.04. The molecule has 0 aromatic heterocycles. The number of sulfonamides is 1. The normalized spacial score (nSPS) is 20.6. The lowest BCUT2D eigenvalue weighted by atomic mass is 10.0. The second-order valence-corrected chi connectivity index (χ2v) is 7.17. The maximum absolute atomic E-state index is 12.5. The summed E-state index contributed by atoms with van der Waals surface area (Å²) in [5.41, 5.74) is 0.814. The Labute approximate surface area is 104 Å². The Bertz CT molecular complexity index is 503. The van der Waals surface area contributed by atoms with Crippen molar-refractivity contribution < 1.29 is 8.42 Å². The standard InChI is InChI=1S/C13H19NO2S/c1-11-5-7-12(8-6-11)17(15,16)14-10-4-9-13(14,2)3/h5-8H,4,9-10H2,1-3H3. The van der Waals surface area contributed by atoms with Gasteiger partial charge in [0.1, 0.15) is 0 Å². The summed E-state index contributed by atoms with van der Waals surface area (Å²) in [6.45, 7) is 6.57. The van der Waals surface area contributed by atoms with Crippen LogP contribution < -0.4 is 0 Å². The molecular weight excluding hydrogens is 234 g/mol. The molecule has 0 amide bonds. The van der Waals surface area contributed by atoms with Gasteiger partial charge in [-0.2, -0.15) is 4.31 Å². The van der Waals surface area contributed by atoms with Crippen molar-refractivity contribution in [2.75, 3.05) is 6.54 Å². The quantitative estimate of drug-likeness (QED) is 0.812. The second kappa shape index (κ2) is 4.10. The van der Waals surface area contributed by atoms with Gasteiger partial charge in [0.25, 0.3) is 0 Å². The molecule has 1 aliphatic rings. The summed E-state index contributed by atoms with van der Waals surface area (Å²) in [5.74, 6) is 0. The molecule has 1 aromatic carbocycles. The van der Waals surface area contributed by atoms with Crippen molar-refractivity contribution in [3.05, 3.63) is 29.8 Å². The second-order valence-electron chi connectivity index (χ2n) is 5.31. The maximum atomic E-state index is 12.5. The van der Waals surface area contributed by atoms with Crippen LogP contribution in [0.2, 0.25) is 0 Å². The van der Waals surface area contributed by atoms with E-state index in [0.717, 1.165) is 18.4 Å². The summed E-state index contributed by atoms with van der Waals surface area (Å²) in [4.78, 5) is 0.401. The molecule has 1 saturated heterocycles. The first-order valence-corrected chi connectivity index (χ1v) is 7.37. The number of hydrogen-bond donors (Lipinski definition) is 0. The fourth-order valence-electron chi connectivity index (χ4n) is 2.37. The summed E-state index contributed by atoms with van der Waals surface area (Å²) in [6, 6.07) is 7.07. The fourth-order valence-corrected chi connectivity index (χ4v) is 4.21. The van der Waals surface area contributed by atoms with Crippen LogP contribution in [0.15, 0.2) is 29.2 Å². The smallest absolute Gasteiger partial charge is 0.207 e. The van der Waals surface area contributed by atoms with Gasteiger partial charge in [0.05, 0.1) is 4.90 Å². The van der Waals surface area contributed by atoms with E-state index in [0.29, 0.717) is 11.4 Å². The third kappa shape index (κ3) is 2.24. The molecule has 17 heavy (non-hydrogen) atoms. The zero-order valence-electron chi connectivity index (χ0n) is 10.6. The lowest BCUT2D eigenvalue weighted by Crippen LogP contribution is -2.42. The average molecular weight is 253 g/mol. The average Bonchev–Trinajstić information content (AvgIpc) is 2.59. The molecule has 4 heteroatoms. The summed E-state index contributed by atoms with van der Waals surface area (Å²) < 4.78 is 26.6. The van der Waals surface area contributed by atoms with Crippen LogP contribution in [0.25, 0.3) is 0 Å². The highest BCUT2D eigenvalue weighted by molar-refractivity contribution is 7.89. The molecule has 0 saturated carbocycles. The van der Waals surface area contributed by atoms with Crippen molar-refractivity contribution in [2.45, 2.75) is 44.0 Å². The van der Waals surface area contributed by atoms with Gasteiger partial charge in [0.15, 0.2) is 0 Å². The van der Waals surface area contributed by atoms with Gasteiger partial charge < -0.3 is 0 Å². The Hall–Kier alpha value is -0.870. The minimum Gasteiger partial charge on any atom is -0.207 e. The van der Waals surface area contributed by atoms with E-state index >= 15 is 0 Å². The Morgan fingerprint density at radius 1 is 1.18 bits per heavy atom. The zero-order chi connectivity index (χ0) is 12.7. The lowest BCUT2D eigenvalue weighted by molar-refractivity contribution is 0.291. The SMILES string of the molecule is Cc1ccc(S(=O)(=O)N2CCCC2(C)C)cc1. The van der Waals surface area contributed by atoms with Crippen molar-refractivity contribution >= 4 is 10.0 Å². The minimum atomic E-state index is -3.33. The molecule has 3 nitrogen and oxygen atoms in total. The first-order chi connectivity index (χ1) is 7.84. The van der Waals surface area contributed by atoms with Crippen LogP contribution in [0.5, 0.6) is 0 Å². The van der Waals surface area contributed by atoms with Crippen LogP contribution in [0.3, 0.4) is 0 Å². The van der Waals surface area contributed by atoms with Crippen LogP contribution in [-0.2, 0) is 10.0 Å². The number of hydrogen-bond acceptors (Lipinski definition) is 2. The van der Waals surface area contributed by atoms with Gasteiger partial charge in [0, 0.05) is 12.1 Å². The molecular formula is C13H19NO2S. The Balaban J connectivity index is 2.40. The predicted molar refractivity (Wildman–Crippen MR) is 68.4 cm³/mol. The van der Waals surface area contributed by atoms with Crippen LogP contribution in [0.1, 0.15) is 32.3 Å². The highest BCUT2D eigenvalue weighted by Crippen LogP contribution is 2.33. The maximum Gasteiger partial charge on any atom is 0.243 e. The molecule has 0 radical (unpaired) electrons. The molecule has 1 aromatic rings. The van der Waals surface area contributed by atoms with E-state index in [-0.39, 0.29) is 5.54 Å². The van der Waals surface area contributed by atoms with Gasteiger partial charge in [-0.15, -0.1) is 0 Å². The number of nitrogens with zero attached hydrogens (tertiary/aromatic N) is 1. The van der Waals surface area contributed by atoms with Crippen molar-refractivity contribution in [1.29, 1.82) is 0 Å². The van der Waals surface area contributed by atoms with Crippen LogP contribution in [0, 0.1) is 6.92 Å². The molecule has 94 valence electrons. The van der Waals surface area contributed by atoms with Crippen LogP contribution in [-0.4, -0.2) is 24.8 Å². The molecule has 0 N–H and O–H groups in total. The monoisotopic (exact) mass is 253 g/mol. The van der Waals surface area contributed by atoms with Gasteiger partial charge in [0.2, 0.25) is 10.0 Å². The zero-order valence-corrected chi connectivity index (χ0v) is 11.4. The molecule has 1 aliphatic heterocycles. The third-order valence-corrected chi connectivity index (χ3v) is 5.56. The highest BCUT2D eigenvalue weighted by Gasteiger charge is 2.40. The van der Waals surface area contributed by atoms with E-state index in [1.165, 1.54) is 0 Å². The summed E-state index contributed by atoms with van der Waals surface area (Å²) in [7, 11) is -3.33. The summed E-state index contributed by atoms with van der Waals surface area (Å²) in [6.07, 6.45) is 1.87. The first kappa shape index (κ1) is 12.6. The van der Waals surface area contributed by atoms with E-state index in [2.05, 4.69) is 0 Å². The van der Waals surface area contributed by atoms with E-state index in [9.17, 15) is 8.42 Å². The van der Waals surface area contributed by atoms with E-state index in [4.69, 9.17) is 0 Å². The Morgan fingerprint density at radius 3 is 2.24 bits per heavy atom. The summed E-state index contributed by atoms with van der Waals surface area (Å²) in [5, 5.41) is 0. The van der Waals surface area contributed by atoms with Gasteiger partial charge in [-0.25, -0.2) is 8.42 Å². The largest absolute Gasteiger partial charge is 0.243 e. The van der Waals surface area contributed by atoms with Crippen LogP contribution >= 0.6 is 0 Å². The van der Waals surface area contributed by atoms with Gasteiger partial charge >= 0.3 is 0 Å². The highest BCUT2D eigenvalue weighted by atomic mass is 32.2. The molecule has 0 aliphatic carbocycles. The molecule has 1 fully saturated rings. The molecule has 1 heterocycles. The van der Waals surface area contributed by atoms with E-state index < -0.39 is 10.0 Å². The molecule has 0 spiro atoms. The van der Waals surface area contributed by atoms with Crippen molar-refractivity contribution in [1.82, 2.24) is 4.31 Å². The molecule has 0 unspecified atom stereocenters. The number of aryl methyl sites for hydroxylation is 1. The lowest BCUT2D eigenvalue weighted by Gasteiger charge is -2.30. The fraction of sp³-hybridized carbons (Fsp3) is 0.538. The summed E-state index contributed by atoms with van der Waals surface area (Å²) >= 11 is 0. The van der Waals surface area contributed by atoms with Gasteiger partial charge in [-0.05, 0) is 45.7 Å². The number of rotatable bonds is 2. The molecule has 2 rings (SSSR count). The van der Waals surface area contributed by atoms with Gasteiger partial charge in [-0.3, -0.25) is 0 Å². The van der Waals surface area contributed by atoms with Gasteiger partial charge in [-0.1, -0.05) is 17.7 Å². The Morgan fingerprint density at radius 2 is 1.76 bits per heavy atom. The third-order valence-electron chi connectivity index (χ3n) is 3.43. The molecule has 0 atom stereocenters. The van der Waals surface area contributed by atoms with Crippen molar-refractivity contribution in [3.8, 4) is 0 Å². The van der Waals surface area contributed by atoms with Crippen LogP contribution in [0.4, 0.5) is 0 Å². The van der Waals surface area contributed by atoms with E-state index in [1.807, 2.05) is 32.9 Å². The predicted octanol–water partition coefficient (Wildman–Crippen LogP) is 2.56. The molecule has 0 bridgehead atoms. The topological polar surface area (TPSA) is 37.4 Å². The minimum absolute atomic E-state index is 0.260. The van der Waals surface area contributed by atoms with E-state index in [1.54, 1.807) is 16.4 Å². The first-order valence-electron chi connectivity index (χ1n) is 5.93. The van der Waals surface area contributed by atoms with Crippen molar-refractivity contribution in [2.24, 2.45) is 0 Å². The number of benzene rings is 1. The van der Waals surface area contributed by atoms with Crippen molar-refractivity contribution in [3.63, 3.8) is 0 Å².